The van der Waals surface area contributed by atoms with E-state index >= 15 is 0 Å². The molecule has 65 heavy (non-hydrogen) atoms. The van der Waals surface area contributed by atoms with E-state index in [0.717, 1.165) is 77.8 Å². The lowest BCUT2D eigenvalue weighted by molar-refractivity contribution is -0.0500. The second-order valence-electron chi connectivity index (χ2n) is 15.7. The largest absolute Gasteiger partial charge is 0.534 e. The zero-order valence-corrected chi connectivity index (χ0v) is 35.2. The molecule has 10 heteroatoms. The van der Waals surface area contributed by atoms with Crippen molar-refractivity contribution in [2.24, 2.45) is 0 Å². The van der Waals surface area contributed by atoms with Crippen molar-refractivity contribution in [3.63, 3.8) is 0 Å². The molecule has 11 rings (SSSR count). The SMILES string of the molecule is O=S(=O)(Oc1ccc(N(c2ccc(-c3ccc(-n4c5ccccc5c5ccccc54)cc3)cc2)c2ccc(-c3ccc4c(c3)c3ccccc3n4-c3ccccc3)cc2)cc1)C(F)(F)F. The van der Waals surface area contributed by atoms with Gasteiger partial charge < -0.3 is 18.2 Å². The number of halogens is 3. The van der Waals surface area contributed by atoms with Gasteiger partial charge in [0.25, 0.3) is 0 Å². The molecule has 0 aliphatic heterocycles. The number of hydrogen-bond donors (Lipinski definition) is 0. The Labute approximate surface area is 372 Å². The van der Waals surface area contributed by atoms with E-state index in [1.165, 1.54) is 35.0 Å². The zero-order valence-electron chi connectivity index (χ0n) is 34.4. The average molecular weight is 876 g/mol. The van der Waals surface area contributed by atoms with E-state index in [1.807, 2.05) is 71.6 Å². The van der Waals surface area contributed by atoms with Crippen molar-refractivity contribution in [2.45, 2.75) is 5.51 Å². The van der Waals surface area contributed by atoms with E-state index in [0.29, 0.717) is 5.69 Å². The molecule has 11 aromatic rings. The monoisotopic (exact) mass is 875 g/mol. The first-order valence-corrected chi connectivity index (χ1v) is 22.3. The van der Waals surface area contributed by atoms with Crippen LogP contribution < -0.4 is 9.08 Å². The van der Waals surface area contributed by atoms with E-state index in [-0.39, 0.29) is 0 Å². The van der Waals surface area contributed by atoms with Crippen LogP contribution in [0.1, 0.15) is 0 Å². The molecule has 0 aliphatic carbocycles. The van der Waals surface area contributed by atoms with Crippen LogP contribution in [0.2, 0.25) is 0 Å². The number of nitrogens with zero attached hydrogens (tertiary/aromatic N) is 3. The third-order valence-corrected chi connectivity index (χ3v) is 12.9. The molecule has 0 N–H and O–H groups in total. The summed E-state index contributed by atoms with van der Waals surface area (Å²) >= 11 is 0. The minimum atomic E-state index is -5.84. The first-order chi connectivity index (χ1) is 31.6. The molecule has 0 unspecified atom stereocenters. The summed E-state index contributed by atoms with van der Waals surface area (Å²) in [6.07, 6.45) is 0. The third kappa shape index (κ3) is 7.04. The fourth-order valence-electron chi connectivity index (χ4n) is 8.89. The molecular weight excluding hydrogens is 840 g/mol. The van der Waals surface area contributed by atoms with Gasteiger partial charge in [-0.3, -0.25) is 0 Å². The Balaban J connectivity index is 0.936. The van der Waals surface area contributed by atoms with Crippen LogP contribution in [-0.4, -0.2) is 23.1 Å². The van der Waals surface area contributed by atoms with Crippen molar-refractivity contribution in [3.05, 3.63) is 218 Å². The van der Waals surface area contributed by atoms with Gasteiger partial charge in [-0.2, -0.15) is 21.6 Å². The van der Waals surface area contributed by atoms with Crippen molar-refractivity contribution < 1.29 is 25.8 Å². The van der Waals surface area contributed by atoms with Crippen LogP contribution in [0, 0.1) is 0 Å². The van der Waals surface area contributed by atoms with E-state index in [9.17, 15) is 21.6 Å². The molecule has 0 radical (unpaired) electrons. The van der Waals surface area contributed by atoms with Gasteiger partial charge in [-0.15, -0.1) is 0 Å². The predicted molar refractivity (Wildman–Crippen MR) is 256 cm³/mol. The van der Waals surface area contributed by atoms with Crippen LogP contribution in [0.15, 0.2) is 218 Å². The quantitative estimate of drug-likeness (QED) is 0.107. The van der Waals surface area contributed by atoms with Crippen LogP contribution >= 0.6 is 0 Å². The standard InChI is InChI=1S/C55H36F3N3O3S/c56-55(57,58)65(62,63)64-46-33-31-44(32-34-46)59(42-25-18-37(19-26-42)38-20-29-45(30-21-38)61-51-15-7-4-12-47(51)48-13-5-8-16-52(48)61)43-27-22-39(23-28-43)40-24-35-54-50(36-40)49-14-6-9-17-53(49)60(54)41-10-2-1-3-11-41/h1-36H. The Morgan fingerprint density at radius 3 is 1.25 bits per heavy atom. The summed E-state index contributed by atoms with van der Waals surface area (Å²) in [5.41, 5.74) is 7.22. The van der Waals surface area contributed by atoms with Gasteiger partial charge in [-0.05, 0) is 125 Å². The van der Waals surface area contributed by atoms with Crippen LogP contribution in [-0.2, 0) is 10.1 Å². The normalized spacial score (nSPS) is 12.0. The Bertz CT molecular complexity index is 3610. The molecule has 0 fully saturated rings. The van der Waals surface area contributed by atoms with Crippen molar-refractivity contribution in [2.75, 3.05) is 4.90 Å². The van der Waals surface area contributed by atoms with E-state index in [1.54, 1.807) is 0 Å². The van der Waals surface area contributed by atoms with Crippen LogP contribution in [0.5, 0.6) is 5.75 Å². The van der Waals surface area contributed by atoms with E-state index in [4.69, 9.17) is 0 Å². The molecule has 0 saturated carbocycles. The van der Waals surface area contributed by atoms with Gasteiger partial charge in [-0.25, -0.2) is 0 Å². The number of aromatic nitrogens is 2. The third-order valence-electron chi connectivity index (χ3n) is 11.9. The Morgan fingerprint density at radius 1 is 0.385 bits per heavy atom. The Hall–Kier alpha value is -8.08. The minimum Gasteiger partial charge on any atom is -0.376 e. The second kappa shape index (κ2) is 15.6. The number of rotatable bonds is 9. The lowest BCUT2D eigenvalue weighted by atomic mass is 10.0. The molecule has 0 amide bonds. The second-order valence-corrected chi connectivity index (χ2v) is 17.3. The highest BCUT2D eigenvalue weighted by Gasteiger charge is 2.48. The highest BCUT2D eigenvalue weighted by Crippen LogP contribution is 2.40. The van der Waals surface area contributed by atoms with Crippen molar-refractivity contribution in [3.8, 4) is 39.4 Å². The maximum Gasteiger partial charge on any atom is 0.534 e. The molecule has 0 saturated heterocycles. The Kier molecular flexibility index (Phi) is 9.55. The number of hydrogen-bond acceptors (Lipinski definition) is 4. The van der Waals surface area contributed by atoms with Gasteiger partial charge in [0.2, 0.25) is 0 Å². The maximum absolute atomic E-state index is 13.2. The molecular formula is C55H36F3N3O3S. The van der Waals surface area contributed by atoms with Gasteiger partial charge in [0, 0.05) is 50.0 Å². The van der Waals surface area contributed by atoms with Gasteiger partial charge in [0.1, 0.15) is 5.75 Å². The zero-order chi connectivity index (χ0) is 44.3. The summed E-state index contributed by atoms with van der Waals surface area (Å²) in [5.74, 6) is -0.454. The number of anilines is 3. The fourth-order valence-corrected chi connectivity index (χ4v) is 9.35. The first-order valence-electron chi connectivity index (χ1n) is 20.9. The summed E-state index contributed by atoms with van der Waals surface area (Å²) in [6.45, 7) is 0. The molecule has 2 aromatic heterocycles. The summed E-state index contributed by atoms with van der Waals surface area (Å²) in [5, 5.41) is 4.67. The fraction of sp³-hybridized carbons (Fsp3) is 0.0182. The molecule has 6 nitrogen and oxygen atoms in total. The number of benzene rings is 9. The highest BCUT2D eigenvalue weighted by molar-refractivity contribution is 7.88. The molecule has 2 heterocycles. The lowest BCUT2D eigenvalue weighted by Crippen LogP contribution is -2.28. The van der Waals surface area contributed by atoms with Gasteiger partial charge in [-0.1, -0.05) is 115 Å². The number of alkyl halides is 3. The maximum atomic E-state index is 13.2. The van der Waals surface area contributed by atoms with Crippen LogP contribution in [0.25, 0.3) is 77.2 Å². The molecule has 0 atom stereocenters. The number of fused-ring (bicyclic) bond motifs is 6. The summed E-state index contributed by atoms with van der Waals surface area (Å²) in [4.78, 5) is 1.96. The van der Waals surface area contributed by atoms with Crippen LogP contribution in [0.4, 0.5) is 30.2 Å². The average Bonchev–Trinajstić information content (AvgIpc) is 3.85. The summed E-state index contributed by atoms with van der Waals surface area (Å²) in [7, 11) is -5.84. The molecule has 0 aliphatic rings. The molecule has 316 valence electrons. The first kappa shape index (κ1) is 39.7. The van der Waals surface area contributed by atoms with Crippen molar-refractivity contribution >= 4 is 70.8 Å². The Morgan fingerprint density at radius 2 is 0.754 bits per heavy atom. The highest BCUT2D eigenvalue weighted by atomic mass is 32.2. The van der Waals surface area contributed by atoms with Crippen LogP contribution in [0.3, 0.4) is 0 Å². The lowest BCUT2D eigenvalue weighted by Gasteiger charge is -2.26. The topological polar surface area (TPSA) is 56.5 Å². The summed E-state index contributed by atoms with van der Waals surface area (Å²) < 4.78 is 72.1. The minimum absolute atomic E-state index is 0.454. The van der Waals surface area contributed by atoms with E-state index in [2.05, 4.69) is 141 Å². The van der Waals surface area contributed by atoms with Crippen molar-refractivity contribution in [1.29, 1.82) is 0 Å². The summed E-state index contributed by atoms with van der Waals surface area (Å²) in [6, 6.07) is 72.0. The smallest absolute Gasteiger partial charge is 0.376 e. The van der Waals surface area contributed by atoms with Gasteiger partial charge >= 0.3 is 15.6 Å². The molecule has 0 bridgehead atoms. The predicted octanol–water partition coefficient (Wildman–Crippen LogP) is 14.9. The molecule has 0 spiro atoms. The molecule has 9 aromatic carbocycles. The van der Waals surface area contributed by atoms with Gasteiger partial charge in [0.15, 0.2) is 0 Å². The van der Waals surface area contributed by atoms with Gasteiger partial charge in [0.05, 0.1) is 22.1 Å². The van der Waals surface area contributed by atoms with Crippen molar-refractivity contribution in [1.82, 2.24) is 9.13 Å². The number of para-hydroxylation sites is 4. The van der Waals surface area contributed by atoms with E-state index < -0.39 is 21.4 Å².